The molecule has 0 N–H and O–H groups in total. The van der Waals surface area contributed by atoms with E-state index in [2.05, 4.69) is 81.8 Å². The van der Waals surface area contributed by atoms with Gasteiger partial charge < -0.3 is 0 Å². The first-order valence-corrected chi connectivity index (χ1v) is 10.3. The lowest BCUT2D eigenvalue weighted by molar-refractivity contribution is 0.591. The molecule has 27 heavy (non-hydrogen) atoms. The Labute approximate surface area is 165 Å². The highest BCUT2D eigenvalue weighted by Gasteiger charge is 2.21. The Balaban J connectivity index is 2.08. The van der Waals surface area contributed by atoms with Crippen LogP contribution in [0.2, 0.25) is 0 Å². The van der Waals surface area contributed by atoms with Crippen molar-refractivity contribution in [3.8, 4) is 11.1 Å². The summed E-state index contributed by atoms with van der Waals surface area (Å²) >= 11 is 1.71. The summed E-state index contributed by atoms with van der Waals surface area (Å²) in [6.07, 6.45) is 4.02. The fraction of sp³-hybridized carbons (Fsp3) is 0.333. The molecule has 0 atom stereocenters. The average Bonchev–Trinajstić information content (AvgIpc) is 3.07. The molecule has 0 spiro atoms. The maximum absolute atomic E-state index is 4.62. The Hall–Kier alpha value is -2.26. The van der Waals surface area contributed by atoms with Gasteiger partial charge in [0.05, 0.1) is 15.7 Å². The second-order valence-corrected chi connectivity index (χ2v) is 10.2. The smallest absolute Gasteiger partial charge is 0.0821 e. The van der Waals surface area contributed by atoms with Crippen molar-refractivity contribution in [1.29, 1.82) is 0 Å². The van der Waals surface area contributed by atoms with Crippen molar-refractivity contribution in [2.45, 2.75) is 52.4 Å². The SMILES string of the molecule is CC(C)(C)c1cc(-c2cccc3c(C(C)(C)C)cncc23)c2scnc2c1. The van der Waals surface area contributed by atoms with E-state index < -0.39 is 0 Å². The van der Waals surface area contributed by atoms with Gasteiger partial charge in [0.1, 0.15) is 0 Å². The Morgan fingerprint density at radius 2 is 1.59 bits per heavy atom. The van der Waals surface area contributed by atoms with E-state index in [-0.39, 0.29) is 10.8 Å². The summed E-state index contributed by atoms with van der Waals surface area (Å²) in [5, 5.41) is 2.50. The second-order valence-electron chi connectivity index (χ2n) is 9.31. The third kappa shape index (κ3) is 3.14. The number of benzene rings is 2. The van der Waals surface area contributed by atoms with Gasteiger partial charge in [-0.15, -0.1) is 11.3 Å². The maximum atomic E-state index is 4.62. The molecule has 2 aromatic heterocycles. The number of pyridine rings is 1. The van der Waals surface area contributed by atoms with Gasteiger partial charge in [0, 0.05) is 23.3 Å². The Morgan fingerprint density at radius 3 is 2.30 bits per heavy atom. The molecule has 4 rings (SSSR count). The lowest BCUT2D eigenvalue weighted by Crippen LogP contribution is -2.12. The molecule has 0 aliphatic rings. The van der Waals surface area contributed by atoms with Crippen molar-refractivity contribution >= 4 is 32.3 Å². The van der Waals surface area contributed by atoms with Crippen LogP contribution in [0, 0.1) is 0 Å². The van der Waals surface area contributed by atoms with Crippen LogP contribution in [0.4, 0.5) is 0 Å². The largest absolute Gasteiger partial charge is 0.264 e. The summed E-state index contributed by atoms with van der Waals surface area (Å²) in [4.78, 5) is 9.21. The zero-order valence-corrected chi connectivity index (χ0v) is 17.7. The number of rotatable bonds is 1. The highest BCUT2D eigenvalue weighted by molar-refractivity contribution is 7.17. The minimum absolute atomic E-state index is 0.0538. The van der Waals surface area contributed by atoms with E-state index in [9.17, 15) is 0 Å². The van der Waals surface area contributed by atoms with E-state index >= 15 is 0 Å². The van der Waals surface area contributed by atoms with Crippen LogP contribution in [-0.2, 0) is 10.8 Å². The molecule has 138 valence electrons. The molecule has 3 heteroatoms. The van der Waals surface area contributed by atoms with E-state index in [1.54, 1.807) is 11.3 Å². The third-order valence-corrected chi connectivity index (χ3v) is 6.08. The molecule has 0 bridgehead atoms. The van der Waals surface area contributed by atoms with Gasteiger partial charge >= 0.3 is 0 Å². The van der Waals surface area contributed by atoms with Crippen molar-refractivity contribution in [3.05, 3.63) is 59.4 Å². The van der Waals surface area contributed by atoms with Crippen LogP contribution in [0.25, 0.3) is 32.1 Å². The molecule has 0 unspecified atom stereocenters. The van der Waals surface area contributed by atoms with Gasteiger partial charge in [0.25, 0.3) is 0 Å². The molecule has 0 saturated heterocycles. The summed E-state index contributed by atoms with van der Waals surface area (Å²) in [6.45, 7) is 13.5. The zero-order valence-electron chi connectivity index (χ0n) is 16.9. The van der Waals surface area contributed by atoms with Crippen LogP contribution >= 0.6 is 11.3 Å². The fourth-order valence-corrected chi connectivity index (χ4v) is 4.43. The van der Waals surface area contributed by atoms with Crippen LogP contribution in [0.15, 0.2) is 48.2 Å². The lowest BCUT2D eigenvalue weighted by Gasteiger charge is -2.23. The van der Waals surface area contributed by atoms with Crippen molar-refractivity contribution in [2.75, 3.05) is 0 Å². The summed E-state index contributed by atoms with van der Waals surface area (Å²) in [5.74, 6) is 0. The minimum Gasteiger partial charge on any atom is -0.264 e. The van der Waals surface area contributed by atoms with Crippen LogP contribution in [0.5, 0.6) is 0 Å². The first-order chi connectivity index (χ1) is 12.7. The average molecular weight is 375 g/mol. The van der Waals surface area contributed by atoms with Crippen molar-refractivity contribution < 1.29 is 0 Å². The van der Waals surface area contributed by atoms with Crippen molar-refractivity contribution in [2.24, 2.45) is 0 Å². The minimum atomic E-state index is 0.0538. The van der Waals surface area contributed by atoms with Crippen LogP contribution < -0.4 is 0 Å². The number of thiazole rings is 1. The number of hydrogen-bond donors (Lipinski definition) is 0. The lowest BCUT2D eigenvalue weighted by atomic mass is 9.82. The number of fused-ring (bicyclic) bond motifs is 2. The monoisotopic (exact) mass is 374 g/mol. The van der Waals surface area contributed by atoms with Gasteiger partial charge in [0.2, 0.25) is 0 Å². The quantitative estimate of drug-likeness (QED) is 0.355. The van der Waals surface area contributed by atoms with Crippen molar-refractivity contribution in [3.63, 3.8) is 0 Å². The molecule has 0 saturated carbocycles. The number of nitrogens with zero attached hydrogens (tertiary/aromatic N) is 2. The second kappa shape index (κ2) is 6.13. The van der Waals surface area contributed by atoms with Gasteiger partial charge in [-0.05, 0) is 45.0 Å². The van der Waals surface area contributed by atoms with Gasteiger partial charge in [-0.25, -0.2) is 4.98 Å². The van der Waals surface area contributed by atoms with Gasteiger partial charge in [0.15, 0.2) is 0 Å². The summed E-state index contributed by atoms with van der Waals surface area (Å²) in [7, 11) is 0. The molecule has 2 nitrogen and oxygen atoms in total. The molecule has 2 aromatic carbocycles. The normalized spacial score (nSPS) is 12.8. The Bertz CT molecular complexity index is 1140. The Morgan fingerprint density at radius 1 is 0.815 bits per heavy atom. The fourth-order valence-electron chi connectivity index (χ4n) is 3.63. The first-order valence-electron chi connectivity index (χ1n) is 9.41. The third-order valence-electron chi connectivity index (χ3n) is 5.20. The topological polar surface area (TPSA) is 25.8 Å². The molecular formula is C24H26N2S. The highest BCUT2D eigenvalue weighted by Crippen LogP contribution is 2.40. The molecule has 4 aromatic rings. The predicted octanol–water partition coefficient (Wildman–Crippen LogP) is 7.11. The van der Waals surface area contributed by atoms with E-state index in [0.29, 0.717) is 0 Å². The summed E-state index contributed by atoms with van der Waals surface area (Å²) in [6, 6.07) is 11.2. The molecule has 0 fully saturated rings. The molecule has 0 aliphatic carbocycles. The Kier molecular flexibility index (Phi) is 4.12. The maximum Gasteiger partial charge on any atom is 0.0821 e. The molecule has 0 radical (unpaired) electrons. The predicted molar refractivity (Wildman–Crippen MR) is 118 cm³/mol. The van der Waals surface area contributed by atoms with E-state index in [4.69, 9.17) is 0 Å². The molecular weight excluding hydrogens is 348 g/mol. The van der Waals surface area contributed by atoms with Gasteiger partial charge in [-0.2, -0.15) is 0 Å². The summed E-state index contributed by atoms with van der Waals surface area (Å²) in [5.41, 5.74) is 8.26. The van der Waals surface area contributed by atoms with E-state index in [1.165, 1.54) is 37.7 Å². The first kappa shape index (κ1) is 18.1. The van der Waals surface area contributed by atoms with Crippen LogP contribution in [-0.4, -0.2) is 9.97 Å². The number of aromatic nitrogens is 2. The van der Waals surface area contributed by atoms with Gasteiger partial charge in [-0.1, -0.05) is 59.7 Å². The van der Waals surface area contributed by atoms with E-state index in [0.717, 1.165) is 5.52 Å². The zero-order chi connectivity index (χ0) is 19.4. The number of hydrogen-bond acceptors (Lipinski definition) is 3. The molecule has 0 aliphatic heterocycles. The highest BCUT2D eigenvalue weighted by atomic mass is 32.1. The van der Waals surface area contributed by atoms with Gasteiger partial charge in [-0.3, -0.25) is 4.98 Å². The van der Waals surface area contributed by atoms with Crippen LogP contribution in [0.1, 0.15) is 52.7 Å². The van der Waals surface area contributed by atoms with Crippen LogP contribution in [0.3, 0.4) is 0 Å². The molecule has 0 amide bonds. The molecule has 2 heterocycles. The standard InChI is InChI=1S/C24H26N2S/c1-23(2,3)15-10-18(22-21(11-15)26-14-27-22)16-8-7-9-17-19(16)12-25-13-20(17)24(4,5)6/h7-14H,1-6H3. The van der Waals surface area contributed by atoms with Crippen molar-refractivity contribution in [1.82, 2.24) is 9.97 Å². The van der Waals surface area contributed by atoms with E-state index in [1.807, 2.05) is 17.9 Å². The summed E-state index contributed by atoms with van der Waals surface area (Å²) < 4.78 is 1.25.